The third-order valence-electron chi connectivity index (χ3n) is 9.99. The van der Waals surface area contributed by atoms with Gasteiger partial charge in [0.15, 0.2) is 6.10 Å². The minimum atomic E-state index is -0.799. The van der Waals surface area contributed by atoms with Crippen molar-refractivity contribution in [2.24, 2.45) is 0 Å². The lowest BCUT2D eigenvalue weighted by Crippen LogP contribution is -2.30. The highest BCUT2D eigenvalue weighted by Gasteiger charge is 2.19. The molecular formula is C52H88O6. The first kappa shape index (κ1) is 54.9. The second-order valence-corrected chi connectivity index (χ2v) is 15.6. The van der Waals surface area contributed by atoms with E-state index in [2.05, 4.69) is 87.6 Å². The van der Waals surface area contributed by atoms with E-state index in [0.29, 0.717) is 19.3 Å². The average Bonchev–Trinajstić information content (AvgIpc) is 3.22. The number of hydrogen-bond acceptors (Lipinski definition) is 6. The molecule has 0 saturated heterocycles. The van der Waals surface area contributed by atoms with E-state index in [-0.39, 0.29) is 37.5 Å². The van der Waals surface area contributed by atoms with Crippen LogP contribution in [0.2, 0.25) is 0 Å². The number of allylic oxidation sites excluding steroid dienone is 12. The molecule has 0 N–H and O–H groups in total. The lowest BCUT2D eigenvalue weighted by molar-refractivity contribution is -0.166. The van der Waals surface area contributed by atoms with E-state index in [4.69, 9.17) is 14.2 Å². The van der Waals surface area contributed by atoms with Crippen LogP contribution in [0.1, 0.15) is 220 Å². The lowest BCUT2D eigenvalue weighted by Gasteiger charge is -2.18. The van der Waals surface area contributed by atoms with Crippen LogP contribution < -0.4 is 0 Å². The SMILES string of the molecule is CC/C=C\C/C=C\C/C=C\C/C=C\C/C=C\C/C=C\CCC(=O)OCC(COC(=O)CCCCCCCCCCCC)OC(=O)CCCCCCCCCCCCC. The summed E-state index contributed by atoms with van der Waals surface area (Å²) in [6.07, 6.45) is 57.5. The van der Waals surface area contributed by atoms with Gasteiger partial charge in [0, 0.05) is 19.3 Å². The minimum absolute atomic E-state index is 0.0962. The third-order valence-corrected chi connectivity index (χ3v) is 9.99. The van der Waals surface area contributed by atoms with E-state index in [0.717, 1.165) is 77.0 Å². The summed E-state index contributed by atoms with van der Waals surface area (Å²) in [5.74, 6) is -0.988. The number of hydrogen-bond donors (Lipinski definition) is 0. The zero-order valence-electron chi connectivity index (χ0n) is 37.8. The van der Waals surface area contributed by atoms with E-state index < -0.39 is 6.10 Å². The number of rotatable bonds is 42. The van der Waals surface area contributed by atoms with Crippen molar-refractivity contribution < 1.29 is 28.6 Å². The first-order valence-electron chi connectivity index (χ1n) is 23.9. The Morgan fingerprint density at radius 3 is 1.05 bits per heavy atom. The van der Waals surface area contributed by atoms with Gasteiger partial charge in [-0.15, -0.1) is 0 Å². The largest absolute Gasteiger partial charge is 0.462 e. The fraction of sp³-hybridized carbons (Fsp3) is 0.712. The van der Waals surface area contributed by atoms with Gasteiger partial charge in [-0.3, -0.25) is 14.4 Å². The second-order valence-electron chi connectivity index (χ2n) is 15.6. The van der Waals surface area contributed by atoms with Gasteiger partial charge in [0.05, 0.1) is 0 Å². The van der Waals surface area contributed by atoms with Crippen molar-refractivity contribution in [1.29, 1.82) is 0 Å². The molecule has 1 unspecified atom stereocenters. The molecule has 0 aliphatic rings. The maximum atomic E-state index is 12.7. The predicted octanol–water partition coefficient (Wildman–Crippen LogP) is 15.5. The van der Waals surface area contributed by atoms with Gasteiger partial charge >= 0.3 is 17.9 Å². The molecule has 0 spiro atoms. The van der Waals surface area contributed by atoms with Crippen molar-refractivity contribution >= 4 is 17.9 Å². The van der Waals surface area contributed by atoms with Crippen molar-refractivity contribution in [2.75, 3.05) is 13.2 Å². The molecule has 58 heavy (non-hydrogen) atoms. The molecule has 0 heterocycles. The highest BCUT2D eigenvalue weighted by molar-refractivity contribution is 5.71. The van der Waals surface area contributed by atoms with Crippen LogP contribution >= 0.6 is 0 Å². The fourth-order valence-corrected chi connectivity index (χ4v) is 6.41. The predicted molar refractivity (Wildman–Crippen MR) is 247 cm³/mol. The van der Waals surface area contributed by atoms with Gasteiger partial charge in [0.25, 0.3) is 0 Å². The third kappa shape index (κ3) is 44.0. The first-order chi connectivity index (χ1) is 28.5. The van der Waals surface area contributed by atoms with Gasteiger partial charge in [0.2, 0.25) is 0 Å². The van der Waals surface area contributed by atoms with E-state index in [9.17, 15) is 14.4 Å². The van der Waals surface area contributed by atoms with Gasteiger partial charge < -0.3 is 14.2 Å². The molecule has 0 bridgehead atoms. The summed E-state index contributed by atoms with van der Waals surface area (Å²) in [6.45, 7) is 6.43. The smallest absolute Gasteiger partial charge is 0.306 e. The van der Waals surface area contributed by atoms with E-state index >= 15 is 0 Å². The molecule has 0 amide bonds. The van der Waals surface area contributed by atoms with Gasteiger partial charge in [-0.2, -0.15) is 0 Å². The molecule has 0 aromatic rings. The minimum Gasteiger partial charge on any atom is -0.462 e. The molecule has 0 aromatic heterocycles. The molecule has 0 rings (SSSR count). The molecular weight excluding hydrogens is 721 g/mol. The fourth-order valence-electron chi connectivity index (χ4n) is 6.41. The van der Waals surface area contributed by atoms with E-state index in [1.54, 1.807) is 0 Å². The lowest BCUT2D eigenvalue weighted by atomic mass is 10.1. The molecule has 6 heteroatoms. The summed E-state index contributed by atoms with van der Waals surface area (Å²) in [5.41, 5.74) is 0. The summed E-state index contributed by atoms with van der Waals surface area (Å²) in [4.78, 5) is 37.7. The molecule has 0 fully saturated rings. The van der Waals surface area contributed by atoms with E-state index in [1.165, 1.54) is 96.3 Å². The summed E-state index contributed by atoms with van der Waals surface area (Å²) in [7, 11) is 0. The standard InChI is InChI=1S/C52H88O6/c1-4-7-10-13-16-19-22-23-24-25-26-27-28-29-31-33-36-39-42-45-51(54)57-48-49(47-56-50(53)44-41-38-35-32-21-18-15-12-9-6-3)58-52(55)46-43-40-37-34-30-20-17-14-11-8-5-2/h7,10,16,19,23-24,26-27,29,31,36,39,49H,4-6,8-9,11-15,17-18,20-22,25,28,30,32-35,37-38,40-48H2,1-3H3/b10-7-,19-16-,24-23-,27-26-,31-29-,39-36-. The van der Waals surface area contributed by atoms with Crippen LogP contribution in [-0.2, 0) is 28.6 Å². The van der Waals surface area contributed by atoms with E-state index in [1.807, 2.05) is 6.08 Å². The summed E-state index contributed by atoms with van der Waals surface area (Å²) >= 11 is 0. The van der Waals surface area contributed by atoms with Crippen LogP contribution in [0.25, 0.3) is 0 Å². The number of unbranched alkanes of at least 4 members (excludes halogenated alkanes) is 19. The van der Waals surface area contributed by atoms with Crippen molar-refractivity contribution in [2.45, 2.75) is 226 Å². The Hall–Kier alpha value is -3.15. The second kappa shape index (κ2) is 46.5. The van der Waals surface area contributed by atoms with Crippen LogP contribution in [0, 0.1) is 0 Å². The summed E-state index contributed by atoms with van der Waals surface area (Å²) in [5, 5.41) is 0. The Morgan fingerprint density at radius 2 is 0.672 bits per heavy atom. The van der Waals surface area contributed by atoms with Gasteiger partial charge in [-0.1, -0.05) is 216 Å². The molecule has 0 radical (unpaired) electrons. The van der Waals surface area contributed by atoms with Crippen molar-refractivity contribution in [3.8, 4) is 0 Å². The van der Waals surface area contributed by atoms with Crippen molar-refractivity contribution in [3.05, 3.63) is 72.9 Å². The molecule has 0 saturated carbocycles. The van der Waals surface area contributed by atoms with Crippen molar-refractivity contribution in [1.82, 2.24) is 0 Å². The summed E-state index contributed by atoms with van der Waals surface area (Å²) in [6, 6.07) is 0. The molecule has 0 aliphatic heterocycles. The Morgan fingerprint density at radius 1 is 0.362 bits per heavy atom. The van der Waals surface area contributed by atoms with Crippen LogP contribution in [0.4, 0.5) is 0 Å². The van der Waals surface area contributed by atoms with Gasteiger partial charge in [0.1, 0.15) is 13.2 Å². The zero-order valence-corrected chi connectivity index (χ0v) is 37.8. The number of esters is 3. The monoisotopic (exact) mass is 809 g/mol. The molecule has 6 nitrogen and oxygen atoms in total. The normalized spacial score (nSPS) is 12.7. The Labute approximate surface area is 357 Å². The number of ether oxygens (including phenoxy) is 3. The highest BCUT2D eigenvalue weighted by Crippen LogP contribution is 2.14. The maximum Gasteiger partial charge on any atom is 0.306 e. The average molecular weight is 809 g/mol. The maximum absolute atomic E-state index is 12.7. The molecule has 0 aromatic carbocycles. The van der Waals surface area contributed by atoms with Crippen LogP contribution in [0.3, 0.4) is 0 Å². The molecule has 0 aliphatic carbocycles. The van der Waals surface area contributed by atoms with Crippen LogP contribution in [0.15, 0.2) is 72.9 Å². The van der Waals surface area contributed by atoms with Crippen LogP contribution in [0.5, 0.6) is 0 Å². The first-order valence-corrected chi connectivity index (χ1v) is 23.9. The molecule has 1 atom stereocenters. The Kier molecular flexibility index (Phi) is 44.0. The topological polar surface area (TPSA) is 78.9 Å². The van der Waals surface area contributed by atoms with Gasteiger partial charge in [-0.25, -0.2) is 0 Å². The van der Waals surface area contributed by atoms with Gasteiger partial charge in [-0.05, 0) is 57.8 Å². The zero-order chi connectivity index (χ0) is 42.3. The number of carbonyl (C=O) groups is 3. The van der Waals surface area contributed by atoms with Crippen LogP contribution in [-0.4, -0.2) is 37.2 Å². The number of carbonyl (C=O) groups excluding carboxylic acids is 3. The molecule has 332 valence electrons. The Bertz CT molecular complexity index is 1110. The summed E-state index contributed by atoms with van der Waals surface area (Å²) < 4.78 is 16.6. The van der Waals surface area contributed by atoms with Crippen molar-refractivity contribution in [3.63, 3.8) is 0 Å². The highest BCUT2D eigenvalue weighted by atomic mass is 16.6. The quantitative estimate of drug-likeness (QED) is 0.0264. The Balaban J connectivity index is 4.45.